The number of rotatable bonds is 7. The van der Waals surface area contributed by atoms with Crippen LogP contribution >= 0.6 is 0 Å². The van der Waals surface area contributed by atoms with E-state index in [0.29, 0.717) is 30.6 Å². The first-order valence-corrected chi connectivity index (χ1v) is 9.72. The summed E-state index contributed by atoms with van der Waals surface area (Å²) in [5, 5.41) is 24.6. The standard InChI is InChI=1S/C20H26N6O/c21-11-16-4-6-19(25-13-16)23-8-7-15-3-5-17(10-15)24-14-20(27)26-9-1-2-18(26)12-22/h4,6,13,15,17-18,24H,1-3,5,7-10,14H2,(H,23,25)/t15-,17+,18-/m0/s1. The summed E-state index contributed by atoms with van der Waals surface area (Å²) >= 11 is 0. The van der Waals surface area contributed by atoms with Crippen LogP contribution in [0.1, 0.15) is 44.1 Å². The minimum absolute atomic E-state index is 0.0519. The van der Waals surface area contributed by atoms with Gasteiger partial charge in [-0.25, -0.2) is 4.98 Å². The smallest absolute Gasteiger partial charge is 0.237 e. The van der Waals surface area contributed by atoms with Gasteiger partial charge in [0.25, 0.3) is 0 Å². The summed E-state index contributed by atoms with van der Waals surface area (Å²) in [6.45, 7) is 1.90. The molecule has 0 spiro atoms. The van der Waals surface area contributed by atoms with Crippen LogP contribution in [0.4, 0.5) is 5.82 Å². The minimum atomic E-state index is -0.238. The van der Waals surface area contributed by atoms with E-state index in [9.17, 15) is 4.79 Å². The third kappa shape index (κ3) is 5.18. The molecule has 0 bridgehead atoms. The molecule has 2 aliphatic rings. The molecule has 1 amide bonds. The predicted octanol–water partition coefficient (Wildman–Crippen LogP) is 2.03. The third-order valence-electron chi connectivity index (χ3n) is 5.56. The number of nitriles is 2. The number of hydrogen-bond acceptors (Lipinski definition) is 6. The lowest BCUT2D eigenvalue weighted by Gasteiger charge is -2.21. The number of likely N-dealkylation sites (tertiary alicyclic amines) is 1. The largest absolute Gasteiger partial charge is 0.370 e. The summed E-state index contributed by atoms with van der Waals surface area (Å²) in [5.41, 5.74) is 0.565. The first kappa shape index (κ1) is 19.1. The van der Waals surface area contributed by atoms with Crippen LogP contribution in [0.3, 0.4) is 0 Å². The fourth-order valence-electron chi connectivity index (χ4n) is 4.02. The number of nitrogens with one attached hydrogen (secondary N) is 2. The number of aromatic nitrogens is 1. The second-order valence-electron chi connectivity index (χ2n) is 7.39. The predicted molar refractivity (Wildman–Crippen MR) is 102 cm³/mol. The summed E-state index contributed by atoms with van der Waals surface area (Å²) < 4.78 is 0. The molecule has 1 aromatic rings. The summed E-state index contributed by atoms with van der Waals surface area (Å²) in [4.78, 5) is 18.2. The number of anilines is 1. The Labute approximate surface area is 160 Å². The van der Waals surface area contributed by atoms with Gasteiger partial charge in [-0.05, 0) is 56.6 Å². The maximum atomic E-state index is 12.3. The average Bonchev–Trinajstić information content (AvgIpc) is 3.36. The van der Waals surface area contributed by atoms with Crippen LogP contribution < -0.4 is 10.6 Å². The van der Waals surface area contributed by atoms with Crippen molar-refractivity contribution in [3.05, 3.63) is 23.9 Å². The zero-order valence-electron chi connectivity index (χ0n) is 15.5. The number of amides is 1. The summed E-state index contributed by atoms with van der Waals surface area (Å²) in [5.74, 6) is 1.49. The molecule has 1 aliphatic heterocycles. The van der Waals surface area contributed by atoms with Gasteiger partial charge >= 0.3 is 0 Å². The van der Waals surface area contributed by atoms with Crippen LogP contribution in [0.5, 0.6) is 0 Å². The number of pyridine rings is 1. The van der Waals surface area contributed by atoms with Crippen LogP contribution in [0.2, 0.25) is 0 Å². The van der Waals surface area contributed by atoms with Crippen molar-refractivity contribution in [3.8, 4) is 12.1 Å². The topological polar surface area (TPSA) is 105 Å². The van der Waals surface area contributed by atoms with Crippen LogP contribution in [0.25, 0.3) is 0 Å². The Kier molecular flexibility index (Phi) is 6.62. The van der Waals surface area contributed by atoms with Gasteiger partial charge in [0.05, 0.1) is 18.2 Å². The second kappa shape index (κ2) is 9.34. The molecule has 0 aromatic carbocycles. The van der Waals surface area contributed by atoms with Gasteiger partial charge in [0.1, 0.15) is 17.9 Å². The maximum Gasteiger partial charge on any atom is 0.237 e. The van der Waals surface area contributed by atoms with Crippen molar-refractivity contribution in [2.75, 3.05) is 25.0 Å². The van der Waals surface area contributed by atoms with Crippen LogP contribution in [-0.4, -0.2) is 47.5 Å². The highest BCUT2D eigenvalue weighted by atomic mass is 16.2. The lowest BCUT2D eigenvalue weighted by molar-refractivity contribution is -0.130. The molecule has 2 heterocycles. The minimum Gasteiger partial charge on any atom is -0.370 e. The van der Waals surface area contributed by atoms with E-state index in [0.717, 1.165) is 44.5 Å². The summed E-state index contributed by atoms with van der Waals surface area (Å²) in [6, 6.07) is 8.02. The molecule has 3 atom stereocenters. The van der Waals surface area contributed by atoms with E-state index in [4.69, 9.17) is 10.5 Å². The molecule has 142 valence electrons. The van der Waals surface area contributed by atoms with Crippen molar-refractivity contribution in [1.29, 1.82) is 10.5 Å². The van der Waals surface area contributed by atoms with Crippen LogP contribution in [0, 0.1) is 28.6 Å². The number of nitrogens with zero attached hydrogens (tertiary/aromatic N) is 4. The van der Waals surface area contributed by atoms with E-state index >= 15 is 0 Å². The maximum absolute atomic E-state index is 12.3. The number of hydrogen-bond donors (Lipinski definition) is 2. The molecule has 0 radical (unpaired) electrons. The first-order chi connectivity index (χ1) is 13.2. The molecule has 2 fully saturated rings. The van der Waals surface area contributed by atoms with Gasteiger partial charge in [-0.1, -0.05) is 0 Å². The van der Waals surface area contributed by atoms with Gasteiger partial charge in [0.2, 0.25) is 5.91 Å². The molecule has 1 aliphatic carbocycles. The molecular weight excluding hydrogens is 340 g/mol. The normalized spacial score (nSPS) is 24.4. The highest BCUT2D eigenvalue weighted by Gasteiger charge is 2.29. The van der Waals surface area contributed by atoms with Gasteiger partial charge in [0, 0.05) is 25.3 Å². The Hall–Kier alpha value is -2.64. The zero-order valence-corrected chi connectivity index (χ0v) is 15.5. The van der Waals surface area contributed by atoms with E-state index in [-0.39, 0.29) is 11.9 Å². The highest BCUT2D eigenvalue weighted by Crippen LogP contribution is 2.28. The van der Waals surface area contributed by atoms with E-state index in [2.05, 4.69) is 27.8 Å². The average molecular weight is 366 g/mol. The van der Waals surface area contributed by atoms with E-state index in [1.165, 1.54) is 6.42 Å². The molecule has 7 nitrogen and oxygen atoms in total. The second-order valence-corrected chi connectivity index (χ2v) is 7.39. The Balaban J connectivity index is 1.33. The van der Waals surface area contributed by atoms with Gasteiger partial charge < -0.3 is 15.5 Å². The molecule has 1 aromatic heterocycles. The Bertz CT molecular complexity index is 719. The molecule has 1 saturated carbocycles. The van der Waals surface area contributed by atoms with E-state index in [1.807, 2.05) is 6.07 Å². The monoisotopic (exact) mass is 366 g/mol. The third-order valence-corrected chi connectivity index (χ3v) is 5.56. The van der Waals surface area contributed by atoms with E-state index < -0.39 is 0 Å². The van der Waals surface area contributed by atoms with Crippen LogP contribution in [0.15, 0.2) is 18.3 Å². The quantitative estimate of drug-likeness (QED) is 0.765. The molecule has 7 heteroatoms. The van der Waals surface area contributed by atoms with Gasteiger partial charge in [-0.15, -0.1) is 0 Å². The van der Waals surface area contributed by atoms with Crippen molar-refractivity contribution >= 4 is 11.7 Å². The highest BCUT2D eigenvalue weighted by molar-refractivity contribution is 5.79. The van der Waals surface area contributed by atoms with E-state index in [1.54, 1.807) is 17.2 Å². The van der Waals surface area contributed by atoms with Crippen molar-refractivity contribution in [1.82, 2.24) is 15.2 Å². The van der Waals surface area contributed by atoms with Crippen molar-refractivity contribution in [2.45, 2.75) is 50.6 Å². The molecule has 3 rings (SSSR count). The molecular formula is C20H26N6O. The van der Waals surface area contributed by atoms with Crippen molar-refractivity contribution in [2.24, 2.45) is 5.92 Å². The molecule has 27 heavy (non-hydrogen) atoms. The van der Waals surface area contributed by atoms with Crippen molar-refractivity contribution < 1.29 is 4.79 Å². The molecule has 2 N–H and O–H groups in total. The Morgan fingerprint density at radius 1 is 1.30 bits per heavy atom. The Morgan fingerprint density at radius 2 is 2.19 bits per heavy atom. The SMILES string of the molecule is N#Cc1ccc(NCC[C@@H]2CC[C@@H](NCC(=O)N3CCC[C@H]3C#N)C2)nc1. The lowest BCUT2D eigenvalue weighted by Crippen LogP contribution is -2.42. The summed E-state index contributed by atoms with van der Waals surface area (Å²) in [7, 11) is 0. The number of carbonyl (C=O) groups excluding carboxylic acids is 1. The van der Waals surface area contributed by atoms with Crippen LogP contribution in [-0.2, 0) is 4.79 Å². The fraction of sp³-hybridized carbons (Fsp3) is 0.600. The number of carbonyl (C=O) groups is 1. The fourth-order valence-corrected chi connectivity index (χ4v) is 4.02. The lowest BCUT2D eigenvalue weighted by atomic mass is 10.0. The summed E-state index contributed by atoms with van der Waals surface area (Å²) in [6.07, 6.45) is 7.71. The van der Waals surface area contributed by atoms with Gasteiger partial charge in [-0.3, -0.25) is 4.79 Å². The van der Waals surface area contributed by atoms with Gasteiger partial charge in [-0.2, -0.15) is 10.5 Å². The zero-order chi connectivity index (χ0) is 19.1. The van der Waals surface area contributed by atoms with Crippen molar-refractivity contribution in [3.63, 3.8) is 0 Å². The molecule has 0 unspecified atom stereocenters. The first-order valence-electron chi connectivity index (χ1n) is 9.72. The molecule has 1 saturated heterocycles. The Morgan fingerprint density at radius 3 is 2.93 bits per heavy atom. The van der Waals surface area contributed by atoms with Gasteiger partial charge in [0.15, 0.2) is 0 Å².